The van der Waals surface area contributed by atoms with Crippen LogP contribution in [0.4, 0.5) is 0 Å². The number of aryl methyl sites for hydroxylation is 1. The molecule has 0 aliphatic rings. The first kappa shape index (κ1) is 14.7. The molecular weight excluding hydrogens is 300 g/mol. The molecule has 1 atom stereocenters. The molecule has 0 amide bonds. The number of nitrogens with one attached hydrogen (secondary N) is 1. The molecule has 4 nitrogen and oxygen atoms in total. The lowest BCUT2D eigenvalue weighted by Crippen LogP contribution is -2.34. The van der Waals surface area contributed by atoms with Crippen LogP contribution in [0.25, 0.3) is 4.96 Å². The molecule has 0 saturated heterocycles. The standard InChI is InChI=1S/C15H20N4S2/c1-3-4-16-12(8-14-17-11(2)10-21-14)7-13-9-19-5-6-20-15(19)18-13/h5-6,9-10,12,16H,3-4,7-8H2,1-2H3. The van der Waals surface area contributed by atoms with E-state index >= 15 is 0 Å². The van der Waals surface area contributed by atoms with Crippen molar-refractivity contribution in [3.05, 3.63) is 39.5 Å². The van der Waals surface area contributed by atoms with Crippen LogP contribution in [0.15, 0.2) is 23.2 Å². The summed E-state index contributed by atoms with van der Waals surface area (Å²) in [6.07, 6.45) is 7.27. The fraction of sp³-hybridized carbons (Fsp3) is 0.467. The third kappa shape index (κ3) is 3.70. The van der Waals surface area contributed by atoms with Gasteiger partial charge in [-0.05, 0) is 19.9 Å². The van der Waals surface area contributed by atoms with Crippen LogP contribution in [0.3, 0.4) is 0 Å². The smallest absolute Gasteiger partial charge is 0.193 e. The van der Waals surface area contributed by atoms with Crippen molar-refractivity contribution in [3.8, 4) is 0 Å². The summed E-state index contributed by atoms with van der Waals surface area (Å²) in [5, 5.41) is 9.03. The topological polar surface area (TPSA) is 42.2 Å². The molecule has 112 valence electrons. The zero-order chi connectivity index (χ0) is 14.7. The molecule has 1 unspecified atom stereocenters. The molecule has 3 aromatic rings. The minimum absolute atomic E-state index is 0.403. The second-order valence-electron chi connectivity index (χ2n) is 5.27. The number of hydrogen-bond donors (Lipinski definition) is 1. The van der Waals surface area contributed by atoms with Crippen LogP contribution in [-0.4, -0.2) is 27.0 Å². The molecule has 0 bridgehead atoms. The number of rotatable bonds is 7. The Hall–Kier alpha value is -1.24. The van der Waals surface area contributed by atoms with Gasteiger partial charge in [-0.2, -0.15) is 0 Å². The third-order valence-corrected chi connectivity index (χ3v) is 5.13. The van der Waals surface area contributed by atoms with E-state index < -0.39 is 0 Å². The van der Waals surface area contributed by atoms with E-state index in [4.69, 9.17) is 4.98 Å². The van der Waals surface area contributed by atoms with Crippen LogP contribution in [0.5, 0.6) is 0 Å². The van der Waals surface area contributed by atoms with Crippen molar-refractivity contribution in [2.75, 3.05) is 6.54 Å². The summed E-state index contributed by atoms with van der Waals surface area (Å²) in [6, 6.07) is 0.403. The minimum Gasteiger partial charge on any atom is -0.313 e. The first-order valence-electron chi connectivity index (χ1n) is 7.30. The molecule has 21 heavy (non-hydrogen) atoms. The van der Waals surface area contributed by atoms with E-state index in [2.05, 4.69) is 51.7 Å². The monoisotopic (exact) mass is 320 g/mol. The molecule has 3 heterocycles. The van der Waals surface area contributed by atoms with Crippen LogP contribution in [0.2, 0.25) is 0 Å². The lowest BCUT2D eigenvalue weighted by Gasteiger charge is -2.16. The van der Waals surface area contributed by atoms with Gasteiger partial charge in [0.25, 0.3) is 0 Å². The quantitative estimate of drug-likeness (QED) is 0.726. The van der Waals surface area contributed by atoms with Crippen molar-refractivity contribution in [1.82, 2.24) is 19.7 Å². The number of thiazole rings is 2. The predicted octanol–water partition coefficient (Wildman–Crippen LogP) is 3.31. The van der Waals surface area contributed by atoms with Gasteiger partial charge in [0, 0.05) is 47.7 Å². The van der Waals surface area contributed by atoms with Gasteiger partial charge in [-0.15, -0.1) is 22.7 Å². The lowest BCUT2D eigenvalue weighted by molar-refractivity contribution is 0.500. The predicted molar refractivity (Wildman–Crippen MR) is 89.4 cm³/mol. The van der Waals surface area contributed by atoms with Crippen molar-refractivity contribution in [3.63, 3.8) is 0 Å². The van der Waals surface area contributed by atoms with Gasteiger partial charge >= 0.3 is 0 Å². The van der Waals surface area contributed by atoms with Gasteiger partial charge < -0.3 is 5.32 Å². The maximum Gasteiger partial charge on any atom is 0.193 e. The van der Waals surface area contributed by atoms with Crippen LogP contribution < -0.4 is 5.32 Å². The SMILES string of the molecule is CCCNC(Cc1cn2ccsc2n1)Cc1nc(C)cs1. The normalized spacial score (nSPS) is 13.0. The van der Waals surface area contributed by atoms with Crippen molar-refractivity contribution >= 4 is 27.6 Å². The van der Waals surface area contributed by atoms with Crippen LogP contribution in [-0.2, 0) is 12.8 Å². The van der Waals surface area contributed by atoms with E-state index in [1.54, 1.807) is 22.7 Å². The summed E-state index contributed by atoms with van der Waals surface area (Å²) in [6.45, 7) is 5.29. The molecule has 1 N–H and O–H groups in total. The van der Waals surface area contributed by atoms with E-state index in [9.17, 15) is 0 Å². The summed E-state index contributed by atoms with van der Waals surface area (Å²) < 4.78 is 2.10. The van der Waals surface area contributed by atoms with E-state index in [1.807, 2.05) is 0 Å². The Balaban J connectivity index is 1.70. The molecule has 0 aliphatic heterocycles. The van der Waals surface area contributed by atoms with Crippen LogP contribution in [0, 0.1) is 6.92 Å². The van der Waals surface area contributed by atoms with Gasteiger partial charge in [0.1, 0.15) is 0 Å². The average molecular weight is 320 g/mol. The Kier molecular flexibility index (Phi) is 4.67. The Morgan fingerprint density at radius 2 is 2.19 bits per heavy atom. The van der Waals surface area contributed by atoms with Crippen molar-refractivity contribution in [1.29, 1.82) is 0 Å². The second kappa shape index (κ2) is 6.68. The Bertz CT molecular complexity index is 669. The van der Waals surface area contributed by atoms with Gasteiger partial charge in [0.15, 0.2) is 4.96 Å². The Morgan fingerprint density at radius 1 is 1.29 bits per heavy atom. The Labute approximate surface area is 132 Å². The van der Waals surface area contributed by atoms with Gasteiger partial charge in [-0.1, -0.05) is 6.92 Å². The van der Waals surface area contributed by atoms with Crippen LogP contribution in [0.1, 0.15) is 29.7 Å². The maximum absolute atomic E-state index is 4.69. The minimum atomic E-state index is 0.403. The summed E-state index contributed by atoms with van der Waals surface area (Å²) in [5.41, 5.74) is 2.27. The van der Waals surface area contributed by atoms with E-state index in [0.717, 1.165) is 42.2 Å². The van der Waals surface area contributed by atoms with E-state index in [-0.39, 0.29) is 0 Å². The first-order chi connectivity index (χ1) is 10.2. The average Bonchev–Trinajstić information content (AvgIpc) is 3.12. The molecule has 0 saturated carbocycles. The number of hydrogen-bond acceptors (Lipinski definition) is 5. The zero-order valence-electron chi connectivity index (χ0n) is 12.4. The van der Waals surface area contributed by atoms with Crippen molar-refractivity contribution < 1.29 is 0 Å². The van der Waals surface area contributed by atoms with Crippen molar-refractivity contribution in [2.45, 2.75) is 39.2 Å². The van der Waals surface area contributed by atoms with Gasteiger partial charge in [-0.3, -0.25) is 4.40 Å². The highest BCUT2D eigenvalue weighted by Gasteiger charge is 2.14. The fourth-order valence-electron chi connectivity index (χ4n) is 2.40. The highest BCUT2D eigenvalue weighted by Crippen LogP contribution is 2.16. The van der Waals surface area contributed by atoms with E-state index in [1.165, 1.54) is 5.01 Å². The number of aromatic nitrogens is 3. The second-order valence-corrected chi connectivity index (χ2v) is 7.08. The molecule has 3 aromatic heterocycles. The maximum atomic E-state index is 4.69. The molecule has 0 aromatic carbocycles. The molecular formula is C15H20N4S2. The van der Waals surface area contributed by atoms with Crippen LogP contribution >= 0.6 is 22.7 Å². The summed E-state index contributed by atoms with van der Waals surface area (Å²) in [5.74, 6) is 0. The molecule has 0 fully saturated rings. The van der Waals surface area contributed by atoms with Gasteiger partial charge in [0.2, 0.25) is 0 Å². The number of nitrogens with zero attached hydrogens (tertiary/aromatic N) is 3. The molecule has 0 aliphatic carbocycles. The summed E-state index contributed by atoms with van der Waals surface area (Å²) in [4.78, 5) is 10.4. The number of imidazole rings is 1. The number of fused-ring (bicyclic) bond motifs is 1. The largest absolute Gasteiger partial charge is 0.313 e. The molecule has 6 heteroatoms. The lowest BCUT2D eigenvalue weighted by atomic mass is 10.1. The van der Waals surface area contributed by atoms with Crippen molar-refractivity contribution in [2.24, 2.45) is 0 Å². The summed E-state index contributed by atoms with van der Waals surface area (Å²) >= 11 is 3.44. The molecule has 3 rings (SSSR count). The summed E-state index contributed by atoms with van der Waals surface area (Å²) in [7, 11) is 0. The van der Waals surface area contributed by atoms with E-state index in [0.29, 0.717) is 6.04 Å². The Morgan fingerprint density at radius 3 is 2.90 bits per heavy atom. The highest BCUT2D eigenvalue weighted by atomic mass is 32.1. The third-order valence-electron chi connectivity index (χ3n) is 3.37. The highest BCUT2D eigenvalue weighted by molar-refractivity contribution is 7.15. The molecule has 0 spiro atoms. The van der Waals surface area contributed by atoms with Gasteiger partial charge in [0.05, 0.1) is 10.7 Å². The zero-order valence-corrected chi connectivity index (χ0v) is 14.0. The first-order valence-corrected chi connectivity index (χ1v) is 9.06. The fourth-order valence-corrected chi connectivity index (χ4v) is 3.97. The molecule has 0 radical (unpaired) electrons. The van der Waals surface area contributed by atoms with Gasteiger partial charge in [-0.25, -0.2) is 9.97 Å².